The minimum absolute atomic E-state index is 0.135. The smallest absolute Gasteiger partial charge is 0.249 e. The van der Waals surface area contributed by atoms with Crippen LogP contribution in [0.3, 0.4) is 0 Å². The van der Waals surface area contributed by atoms with Gasteiger partial charge in [-0.2, -0.15) is 0 Å². The normalized spacial score (nSPS) is 36.0. The van der Waals surface area contributed by atoms with Crippen LogP contribution in [-0.2, 0) is 25.6 Å². The number of benzene rings is 1. The van der Waals surface area contributed by atoms with Crippen molar-refractivity contribution < 1.29 is 24.1 Å². The van der Waals surface area contributed by atoms with Crippen molar-refractivity contribution in [1.82, 2.24) is 0 Å². The standard InChI is InChI=1S/C20H27NO5/c21-18(23)19(24-13-14-7-3-1-4-8-14)11-15(22)17-16(12-19)25-20(26-17)9-5-2-6-10-20/h1,3-4,7-8,15-17,22H,2,5-6,9-13H2,(H2,21,23)/t15-,16-,17+,19-/m1/s1. The number of carbonyl (C=O) groups excluding carboxylic acids is 1. The molecule has 1 heterocycles. The van der Waals surface area contributed by atoms with Gasteiger partial charge in [0.1, 0.15) is 6.10 Å². The van der Waals surface area contributed by atoms with Crippen LogP contribution < -0.4 is 5.73 Å². The zero-order chi connectivity index (χ0) is 18.2. The Hall–Kier alpha value is -1.47. The fraction of sp³-hybridized carbons (Fsp3) is 0.650. The van der Waals surface area contributed by atoms with E-state index in [0.29, 0.717) is 6.42 Å². The molecule has 0 aromatic heterocycles. The predicted molar refractivity (Wildman–Crippen MR) is 94.0 cm³/mol. The minimum Gasteiger partial charge on any atom is -0.390 e. The number of nitrogens with two attached hydrogens (primary N) is 1. The molecule has 2 saturated carbocycles. The van der Waals surface area contributed by atoms with Crippen LogP contribution in [0.2, 0.25) is 0 Å². The quantitative estimate of drug-likeness (QED) is 0.856. The third-order valence-electron chi connectivity index (χ3n) is 5.95. The van der Waals surface area contributed by atoms with Gasteiger partial charge in [0.05, 0.1) is 18.8 Å². The van der Waals surface area contributed by atoms with Crippen molar-refractivity contribution in [2.75, 3.05) is 0 Å². The summed E-state index contributed by atoms with van der Waals surface area (Å²) < 4.78 is 18.4. The number of primary amides is 1. The van der Waals surface area contributed by atoms with Crippen molar-refractivity contribution in [1.29, 1.82) is 0 Å². The van der Waals surface area contributed by atoms with Crippen molar-refractivity contribution in [2.24, 2.45) is 5.73 Å². The number of ether oxygens (including phenoxy) is 3. The average molecular weight is 361 g/mol. The third kappa shape index (κ3) is 3.27. The van der Waals surface area contributed by atoms with Gasteiger partial charge in [-0.05, 0) is 18.4 Å². The SMILES string of the molecule is NC(=O)[C@@]1(OCc2ccccc2)C[C@@H](O)[C@@H]2OC3(CCCCC3)O[C@@H]2C1. The molecule has 6 heteroatoms. The first-order valence-electron chi connectivity index (χ1n) is 9.54. The van der Waals surface area contributed by atoms with E-state index in [-0.39, 0.29) is 19.1 Å². The van der Waals surface area contributed by atoms with E-state index in [0.717, 1.165) is 31.2 Å². The molecule has 3 N–H and O–H groups in total. The molecular weight excluding hydrogens is 334 g/mol. The highest BCUT2D eigenvalue weighted by atomic mass is 16.8. The lowest BCUT2D eigenvalue weighted by Gasteiger charge is -2.41. The van der Waals surface area contributed by atoms with E-state index in [4.69, 9.17) is 19.9 Å². The van der Waals surface area contributed by atoms with Crippen molar-refractivity contribution >= 4 is 5.91 Å². The Morgan fingerprint density at radius 3 is 2.58 bits per heavy atom. The number of aliphatic hydroxyl groups excluding tert-OH is 1. The van der Waals surface area contributed by atoms with E-state index in [1.165, 1.54) is 6.42 Å². The molecule has 3 fully saturated rings. The van der Waals surface area contributed by atoms with E-state index in [1.807, 2.05) is 30.3 Å². The topological polar surface area (TPSA) is 91.0 Å². The first-order valence-corrected chi connectivity index (χ1v) is 9.54. The lowest BCUT2D eigenvalue weighted by molar-refractivity contribution is -0.198. The van der Waals surface area contributed by atoms with Gasteiger partial charge in [-0.3, -0.25) is 4.79 Å². The first kappa shape index (κ1) is 17.9. The molecular formula is C20H27NO5. The molecule has 1 aromatic carbocycles. The first-order chi connectivity index (χ1) is 12.5. The van der Waals surface area contributed by atoms with E-state index < -0.39 is 29.5 Å². The number of rotatable bonds is 4. The predicted octanol–water partition coefficient (Wildman–Crippen LogP) is 2.03. The summed E-state index contributed by atoms with van der Waals surface area (Å²) in [5, 5.41) is 10.7. The van der Waals surface area contributed by atoms with Crippen LogP contribution >= 0.6 is 0 Å². The van der Waals surface area contributed by atoms with Gasteiger partial charge in [-0.15, -0.1) is 0 Å². The summed E-state index contributed by atoms with van der Waals surface area (Å²) >= 11 is 0. The van der Waals surface area contributed by atoms with Crippen molar-refractivity contribution in [2.45, 2.75) is 81.3 Å². The number of carbonyl (C=O) groups is 1. The Labute approximate surface area is 153 Å². The molecule has 0 bridgehead atoms. The average Bonchev–Trinajstić information content (AvgIpc) is 2.99. The molecule has 2 aliphatic carbocycles. The zero-order valence-corrected chi connectivity index (χ0v) is 14.9. The summed E-state index contributed by atoms with van der Waals surface area (Å²) in [6.07, 6.45) is 3.79. The minimum atomic E-state index is -1.24. The second-order valence-electron chi connectivity index (χ2n) is 7.82. The fourth-order valence-electron chi connectivity index (χ4n) is 4.55. The highest BCUT2D eigenvalue weighted by Gasteiger charge is 2.58. The fourth-order valence-corrected chi connectivity index (χ4v) is 4.55. The second kappa shape index (κ2) is 6.93. The van der Waals surface area contributed by atoms with Gasteiger partial charge >= 0.3 is 0 Å². The van der Waals surface area contributed by atoms with E-state index in [9.17, 15) is 9.90 Å². The molecule has 1 amide bonds. The van der Waals surface area contributed by atoms with Crippen molar-refractivity contribution in [3.05, 3.63) is 35.9 Å². The molecule has 1 aromatic rings. The molecule has 6 nitrogen and oxygen atoms in total. The summed E-state index contributed by atoms with van der Waals surface area (Å²) in [6.45, 7) is 0.264. The van der Waals surface area contributed by atoms with Crippen LogP contribution in [0.25, 0.3) is 0 Å². The van der Waals surface area contributed by atoms with Gasteiger partial charge in [0.25, 0.3) is 0 Å². The molecule has 0 radical (unpaired) electrons. The summed E-state index contributed by atoms with van der Waals surface area (Å²) in [5.74, 6) is -1.17. The molecule has 1 saturated heterocycles. The molecule has 1 aliphatic heterocycles. The van der Waals surface area contributed by atoms with Gasteiger partial charge in [0.2, 0.25) is 5.91 Å². The number of hydrogen-bond acceptors (Lipinski definition) is 5. The summed E-state index contributed by atoms with van der Waals surface area (Å²) in [5.41, 5.74) is 5.43. The molecule has 142 valence electrons. The maximum atomic E-state index is 12.3. The Bertz CT molecular complexity index is 645. The Kier molecular flexibility index (Phi) is 4.77. The van der Waals surface area contributed by atoms with Gasteiger partial charge in [0, 0.05) is 25.7 Å². The molecule has 4 rings (SSSR count). The van der Waals surface area contributed by atoms with Crippen molar-refractivity contribution in [3.63, 3.8) is 0 Å². The third-order valence-corrected chi connectivity index (χ3v) is 5.95. The van der Waals surface area contributed by atoms with Gasteiger partial charge < -0.3 is 25.1 Å². The summed E-state index contributed by atoms with van der Waals surface area (Å²) in [7, 11) is 0. The maximum Gasteiger partial charge on any atom is 0.249 e. The monoisotopic (exact) mass is 361 g/mol. The number of fused-ring (bicyclic) bond motifs is 1. The Morgan fingerprint density at radius 1 is 1.15 bits per heavy atom. The molecule has 3 aliphatic rings. The number of amides is 1. The summed E-state index contributed by atoms with van der Waals surface area (Å²) in [6, 6.07) is 9.63. The molecule has 1 spiro atoms. The van der Waals surface area contributed by atoms with Gasteiger partial charge in [-0.25, -0.2) is 0 Å². The zero-order valence-electron chi connectivity index (χ0n) is 14.9. The number of aliphatic hydroxyl groups is 1. The molecule has 0 unspecified atom stereocenters. The summed E-state index contributed by atoms with van der Waals surface area (Å²) in [4.78, 5) is 12.3. The Balaban J connectivity index is 1.51. The molecule has 26 heavy (non-hydrogen) atoms. The highest BCUT2D eigenvalue weighted by Crippen LogP contribution is 2.47. The van der Waals surface area contributed by atoms with Crippen LogP contribution in [0.5, 0.6) is 0 Å². The Morgan fingerprint density at radius 2 is 1.88 bits per heavy atom. The molecule has 4 atom stereocenters. The largest absolute Gasteiger partial charge is 0.390 e. The van der Waals surface area contributed by atoms with Crippen LogP contribution in [0.4, 0.5) is 0 Å². The van der Waals surface area contributed by atoms with E-state index in [1.54, 1.807) is 0 Å². The van der Waals surface area contributed by atoms with Crippen LogP contribution in [0.1, 0.15) is 50.5 Å². The van der Waals surface area contributed by atoms with Gasteiger partial charge in [-0.1, -0.05) is 36.8 Å². The maximum absolute atomic E-state index is 12.3. The highest BCUT2D eigenvalue weighted by molar-refractivity contribution is 5.83. The lowest BCUT2D eigenvalue weighted by atomic mass is 9.79. The van der Waals surface area contributed by atoms with Crippen LogP contribution in [0.15, 0.2) is 30.3 Å². The van der Waals surface area contributed by atoms with E-state index >= 15 is 0 Å². The van der Waals surface area contributed by atoms with Crippen LogP contribution in [0, 0.1) is 0 Å². The second-order valence-corrected chi connectivity index (χ2v) is 7.82. The van der Waals surface area contributed by atoms with E-state index in [2.05, 4.69) is 0 Å². The lowest BCUT2D eigenvalue weighted by Crippen LogP contribution is -2.58. The van der Waals surface area contributed by atoms with Gasteiger partial charge in [0.15, 0.2) is 11.4 Å². The number of hydrogen-bond donors (Lipinski definition) is 2. The van der Waals surface area contributed by atoms with Crippen molar-refractivity contribution in [3.8, 4) is 0 Å². The van der Waals surface area contributed by atoms with Crippen LogP contribution in [-0.4, -0.2) is 40.7 Å².